The SMILES string of the molecule is COc1ccc(OC)c(S(=O)(=O)NCCNc2cc(N3CCOCC3)cnn2)c1. The van der Waals surface area contributed by atoms with Crippen LogP contribution in [0.15, 0.2) is 35.4 Å². The van der Waals surface area contributed by atoms with Crippen LogP contribution in [0.3, 0.4) is 0 Å². The summed E-state index contributed by atoms with van der Waals surface area (Å²) in [6.07, 6.45) is 1.70. The zero-order valence-corrected chi connectivity index (χ0v) is 17.2. The second-order valence-electron chi connectivity index (χ2n) is 6.24. The Hall–Kier alpha value is -2.63. The first-order chi connectivity index (χ1) is 14.0. The predicted octanol–water partition coefficient (Wildman–Crippen LogP) is 0.721. The molecule has 10 nitrogen and oxygen atoms in total. The van der Waals surface area contributed by atoms with Gasteiger partial charge in [0.2, 0.25) is 10.0 Å². The summed E-state index contributed by atoms with van der Waals surface area (Å²) in [6, 6.07) is 6.50. The van der Waals surface area contributed by atoms with Gasteiger partial charge in [-0.3, -0.25) is 0 Å². The normalized spacial score (nSPS) is 14.5. The summed E-state index contributed by atoms with van der Waals surface area (Å²) in [6.45, 7) is 3.46. The van der Waals surface area contributed by atoms with Gasteiger partial charge in [-0.1, -0.05) is 0 Å². The van der Waals surface area contributed by atoms with Crippen molar-refractivity contribution in [2.24, 2.45) is 0 Å². The fraction of sp³-hybridized carbons (Fsp3) is 0.444. The maximum Gasteiger partial charge on any atom is 0.244 e. The summed E-state index contributed by atoms with van der Waals surface area (Å²) in [4.78, 5) is 2.19. The summed E-state index contributed by atoms with van der Waals surface area (Å²) in [5, 5.41) is 11.1. The number of morpholine rings is 1. The highest BCUT2D eigenvalue weighted by Crippen LogP contribution is 2.27. The second kappa shape index (κ2) is 9.72. The smallest absolute Gasteiger partial charge is 0.244 e. The molecule has 2 aromatic rings. The molecule has 3 rings (SSSR count). The summed E-state index contributed by atoms with van der Waals surface area (Å²) >= 11 is 0. The lowest BCUT2D eigenvalue weighted by Crippen LogP contribution is -2.36. The van der Waals surface area contributed by atoms with Gasteiger partial charge in [-0.2, -0.15) is 5.10 Å². The third kappa shape index (κ3) is 5.46. The van der Waals surface area contributed by atoms with Crippen LogP contribution in [0.25, 0.3) is 0 Å². The first-order valence-corrected chi connectivity index (χ1v) is 10.6. The van der Waals surface area contributed by atoms with E-state index in [1.165, 1.54) is 20.3 Å². The van der Waals surface area contributed by atoms with Crippen LogP contribution in [0.2, 0.25) is 0 Å². The van der Waals surface area contributed by atoms with Gasteiger partial charge in [0.15, 0.2) is 5.82 Å². The molecular formula is C18H25N5O5S. The molecule has 0 aliphatic carbocycles. The molecule has 1 aromatic carbocycles. The van der Waals surface area contributed by atoms with Gasteiger partial charge in [0.05, 0.1) is 39.3 Å². The fourth-order valence-electron chi connectivity index (χ4n) is 2.89. The fourth-order valence-corrected chi connectivity index (χ4v) is 4.10. The molecule has 0 saturated carbocycles. The van der Waals surface area contributed by atoms with Crippen LogP contribution in [-0.2, 0) is 14.8 Å². The van der Waals surface area contributed by atoms with E-state index in [2.05, 4.69) is 25.1 Å². The molecule has 0 atom stereocenters. The number of sulfonamides is 1. The Morgan fingerprint density at radius 2 is 1.93 bits per heavy atom. The van der Waals surface area contributed by atoms with Gasteiger partial charge < -0.3 is 24.4 Å². The van der Waals surface area contributed by atoms with Crippen LogP contribution in [0.1, 0.15) is 0 Å². The maximum absolute atomic E-state index is 12.6. The molecule has 158 valence electrons. The molecule has 0 unspecified atom stereocenters. The number of anilines is 2. The minimum Gasteiger partial charge on any atom is -0.497 e. The Bertz CT molecular complexity index is 919. The van der Waals surface area contributed by atoms with Crippen LogP contribution >= 0.6 is 0 Å². The number of nitrogens with one attached hydrogen (secondary N) is 2. The number of rotatable bonds is 9. The number of aromatic nitrogens is 2. The van der Waals surface area contributed by atoms with Gasteiger partial charge >= 0.3 is 0 Å². The zero-order valence-electron chi connectivity index (χ0n) is 16.4. The minimum absolute atomic E-state index is 0.0217. The molecule has 0 amide bonds. The number of nitrogens with zero attached hydrogens (tertiary/aromatic N) is 3. The monoisotopic (exact) mass is 423 g/mol. The minimum atomic E-state index is -3.77. The lowest BCUT2D eigenvalue weighted by Gasteiger charge is -2.28. The largest absolute Gasteiger partial charge is 0.497 e. The Morgan fingerprint density at radius 1 is 1.14 bits per heavy atom. The quantitative estimate of drug-likeness (QED) is 0.563. The van der Waals surface area contributed by atoms with Crippen molar-refractivity contribution in [2.45, 2.75) is 4.90 Å². The predicted molar refractivity (Wildman–Crippen MR) is 108 cm³/mol. The van der Waals surface area contributed by atoms with E-state index in [-0.39, 0.29) is 17.2 Å². The summed E-state index contributed by atoms with van der Waals surface area (Å²) < 4.78 is 43.4. The molecule has 1 aromatic heterocycles. The molecular weight excluding hydrogens is 398 g/mol. The first kappa shape index (κ1) is 21.1. The van der Waals surface area contributed by atoms with Gasteiger partial charge in [0.25, 0.3) is 0 Å². The Balaban J connectivity index is 1.57. The number of hydrogen-bond acceptors (Lipinski definition) is 9. The van der Waals surface area contributed by atoms with E-state index in [0.29, 0.717) is 31.3 Å². The Morgan fingerprint density at radius 3 is 2.66 bits per heavy atom. The van der Waals surface area contributed by atoms with Gasteiger partial charge in [-0.25, -0.2) is 13.1 Å². The summed E-state index contributed by atoms with van der Waals surface area (Å²) in [5.41, 5.74) is 0.951. The second-order valence-corrected chi connectivity index (χ2v) is 7.98. The highest BCUT2D eigenvalue weighted by Gasteiger charge is 2.20. The van der Waals surface area contributed by atoms with E-state index >= 15 is 0 Å². The van der Waals surface area contributed by atoms with Gasteiger partial charge in [0.1, 0.15) is 16.4 Å². The lowest BCUT2D eigenvalue weighted by molar-refractivity contribution is 0.122. The summed E-state index contributed by atoms with van der Waals surface area (Å²) in [5.74, 6) is 1.25. The van der Waals surface area contributed by atoms with Crippen LogP contribution < -0.4 is 24.4 Å². The molecule has 11 heteroatoms. The maximum atomic E-state index is 12.6. The van der Waals surface area contributed by atoms with Crippen LogP contribution in [0.5, 0.6) is 11.5 Å². The van der Waals surface area contributed by atoms with E-state index in [0.717, 1.165) is 18.8 Å². The van der Waals surface area contributed by atoms with Crippen LogP contribution in [-0.4, -0.2) is 72.2 Å². The van der Waals surface area contributed by atoms with E-state index in [4.69, 9.17) is 14.2 Å². The number of hydrogen-bond donors (Lipinski definition) is 2. The molecule has 29 heavy (non-hydrogen) atoms. The average molecular weight is 423 g/mol. The van der Waals surface area contributed by atoms with Crippen molar-refractivity contribution in [2.75, 3.05) is 63.8 Å². The van der Waals surface area contributed by atoms with Crippen LogP contribution in [0.4, 0.5) is 11.5 Å². The topological polar surface area (TPSA) is 115 Å². The van der Waals surface area contributed by atoms with E-state index in [1.807, 2.05) is 6.07 Å². The lowest BCUT2D eigenvalue weighted by atomic mass is 10.3. The van der Waals surface area contributed by atoms with E-state index < -0.39 is 10.0 Å². The molecule has 1 aliphatic heterocycles. The molecule has 1 fully saturated rings. The first-order valence-electron chi connectivity index (χ1n) is 9.14. The molecule has 0 radical (unpaired) electrons. The third-order valence-corrected chi connectivity index (χ3v) is 5.88. The molecule has 2 heterocycles. The van der Waals surface area contributed by atoms with Crippen molar-refractivity contribution < 1.29 is 22.6 Å². The molecule has 1 aliphatic rings. The van der Waals surface area contributed by atoms with Crippen molar-refractivity contribution in [3.8, 4) is 11.5 Å². The molecule has 2 N–H and O–H groups in total. The third-order valence-electron chi connectivity index (χ3n) is 4.40. The van der Waals surface area contributed by atoms with Crippen molar-refractivity contribution >= 4 is 21.5 Å². The van der Waals surface area contributed by atoms with Gasteiger partial charge in [-0.05, 0) is 12.1 Å². The highest BCUT2D eigenvalue weighted by atomic mass is 32.2. The van der Waals surface area contributed by atoms with Crippen LogP contribution in [0, 0.1) is 0 Å². The van der Waals surface area contributed by atoms with Crippen molar-refractivity contribution in [1.29, 1.82) is 0 Å². The molecule has 1 saturated heterocycles. The van der Waals surface area contributed by atoms with Gasteiger partial charge in [0, 0.05) is 38.3 Å². The standard InChI is InChI=1S/C18H25N5O5S/c1-26-15-3-4-16(27-2)17(12-15)29(24,25)21-6-5-19-18-11-14(13-20-22-18)23-7-9-28-10-8-23/h3-4,11-13,21H,5-10H2,1-2H3,(H,19,22). The van der Waals surface area contributed by atoms with Gasteiger partial charge in [-0.15, -0.1) is 5.10 Å². The Kier molecular flexibility index (Phi) is 7.07. The van der Waals surface area contributed by atoms with Crippen molar-refractivity contribution in [3.63, 3.8) is 0 Å². The highest BCUT2D eigenvalue weighted by molar-refractivity contribution is 7.89. The number of methoxy groups -OCH3 is 2. The van der Waals surface area contributed by atoms with E-state index in [1.54, 1.807) is 18.3 Å². The van der Waals surface area contributed by atoms with Crippen molar-refractivity contribution in [3.05, 3.63) is 30.5 Å². The summed E-state index contributed by atoms with van der Waals surface area (Å²) in [7, 11) is -0.876. The van der Waals surface area contributed by atoms with E-state index in [9.17, 15) is 8.42 Å². The average Bonchev–Trinajstić information content (AvgIpc) is 2.77. The zero-order chi connectivity index (χ0) is 20.7. The number of ether oxygens (including phenoxy) is 3. The van der Waals surface area contributed by atoms with Crippen molar-refractivity contribution in [1.82, 2.24) is 14.9 Å². The molecule has 0 spiro atoms. The Labute approximate surface area is 170 Å². The molecule has 0 bridgehead atoms. The number of benzene rings is 1.